The van der Waals surface area contributed by atoms with E-state index >= 15 is 0 Å². The zero-order chi connectivity index (χ0) is 22.8. The van der Waals surface area contributed by atoms with Gasteiger partial charge in [-0.1, -0.05) is 41.7 Å². The van der Waals surface area contributed by atoms with Crippen molar-refractivity contribution < 1.29 is 14.3 Å². The number of aromatic nitrogens is 1. The van der Waals surface area contributed by atoms with Crippen LogP contribution in [0.1, 0.15) is 38.2 Å². The van der Waals surface area contributed by atoms with E-state index < -0.39 is 0 Å². The van der Waals surface area contributed by atoms with E-state index in [2.05, 4.69) is 0 Å². The lowest BCUT2D eigenvalue weighted by Gasteiger charge is -2.34. The molecule has 5 rings (SSSR count). The first kappa shape index (κ1) is 21.9. The minimum Gasteiger partial charge on any atom is -0.494 e. The van der Waals surface area contributed by atoms with Crippen molar-refractivity contribution in [2.24, 2.45) is 11.8 Å². The highest BCUT2D eigenvalue weighted by molar-refractivity contribution is 7.22. The maximum atomic E-state index is 13.8. The lowest BCUT2D eigenvalue weighted by Crippen LogP contribution is -2.47. The Hall–Kier alpha value is -2.93. The molecule has 1 atom stereocenters. The Morgan fingerprint density at radius 3 is 2.70 bits per heavy atom. The maximum absolute atomic E-state index is 13.8. The van der Waals surface area contributed by atoms with Crippen LogP contribution in [-0.4, -0.2) is 41.4 Å². The molecule has 2 aliphatic rings. The number of thiazole rings is 1. The van der Waals surface area contributed by atoms with Gasteiger partial charge in [0.25, 0.3) is 0 Å². The van der Waals surface area contributed by atoms with Crippen molar-refractivity contribution in [3.05, 3.63) is 54.1 Å². The van der Waals surface area contributed by atoms with E-state index in [0.29, 0.717) is 24.8 Å². The number of rotatable bonds is 7. The van der Waals surface area contributed by atoms with Crippen molar-refractivity contribution in [1.29, 1.82) is 0 Å². The molecular formula is C26H29N3O3S. The highest BCUT2D eigenvalue weighted by Gasteiger charge is 2.38. The molecule has 1 saturated heterocycles. The third-order valence-electron chi connectivity index (χ3n) is 6.35. The van der Waals surface area contributed by atoms with E-state index in [9.17, 15) is 9.59 Å². The third kappa shape index (κ3) is 4.88. The molecule has 33 heavy (non-hydrogen) atoms. The molecule has 2 aromatic carbocycles. The summed E-state index contributed by atoms with van der Waals surface area (Å²) >= 11 is 1.51. The summed E-state index contributed by atoms with van der Waals surface area (Å²) < 4.78 is 6.64. The molecule has 1 unspecified atom stereocenters. The predicted molar refractivity (Wildman–Crippen MR) is 130 cm³/mol. The van der Waals surface area contributed by atoms with Gasteiger partial charge in [-0.2, -0.15) is 0 Å². The number of piperidine rings is 1. The Bertz CT molecular complexity index is 1140. The second kappa shape index (κ2) is 9.51. The zero-order valence-corrected chi connectivity index (χ0v) is 19.7. The fourth-order valence-corrected chi connectivity index (χ4v) is 5.46. The summed E-state index contributed by atoms with van der Waals surface area (Å²) in [7, 11) is 0. The number of nitrogens with zero attached hydrogens (tertiary/aromatic N) is 3. The number of carbonyl (C=O) groups is 2. The van der Waals surface area contributed by atoms with Crippen LogP contribution in [0.25, 0.3) is 10.2 Å². The average Bonchev–Trinajstić information content (AvgIpc) is 3.61. The topological polar surface area (TPSA) is 62.7 Å². The molecule has 0 bridgehead atoms. The van der Waals surface area contributed by atoms with Crippen LogP contribution in [0.15, 0.2) is 48.5 Å². The van der Waals surface area contributed by atoms with Crippen LogP contribution < -0.4 is 9.64 Å². The normalized spacial score (nSPS) is 18.3. The molecule has 6 nitrogen and oxygen atoms in total. The van der Waals surface area contributed by atoms with Gasteiger partial charge in [-0.15, -0.1) is 0 Å². The predicted octanol–water partition coefficient (Wildman–Crippen LogP) is 4.88. The lowest BCUT2D eigenvalue weighted by atomic mass is 9.96. The first-order chi connectivity index (χ1) is 16.1. The number of amides is 2. The number of benzene rings is 2. The van der Waals surface area contributed by atoms with Crippen LogP contribution in [0.3, 0.4) is 0 Å². The van der Waals surface area contributed by atoms with E-state index in [-0.39, 0.29) is 23.7 Å². The van der Waals surface area contributed by atoms with Gasteiger partial charge in [0, 0.05) is 19.0 Å². The molecule has 1 aliphatic heterocycles. The van der Waals surface area contributed by atoms with E-state index in [1.807, 2.05) is 65.3 Å². The molecule has 1 saturated carbocycles. The number of likely N-dealkylation sites (tertiary alicyclic amines) is 1. The molecule has 2 fully saturated rings. The van der Waals surface area contributed by atoms with Crippen LogP contribution in [0.4, 0.5) is 5.13 Å². The van der Waals surface area contributed by atoms with Crippen LogP contribution in [0.2, 0.25) is 0 Å². The molecule has 1 aliphatic carbocycles. The summed E-state index contributed by atoms with van der Waals surface area (Å²) in [5.41, 5.74) is 1.92. The lowest BCUT2D eigenvalue weighted by molar-refractivity contribution is -0.136. The van der Waals surface area contributed by atoms with E-state index in [1.165, 1.54) is 11.3 Å². The van der Waals surface area contributed by atoms with E-state index in [0.717, 1.165) is 53.8 Å². The van der Waals surface area contributed by atoms with Crippen molar-refractivity contribution >= 4 is 38.5 Å². The van der Waals surface area contributed by atoms with Crippen LogP contribution in [0.5, 0.6) is 5.75 Å². The van der Waals surface area contributed by atoms with Crippen LogP contribution in [-0.2, 0) is 16.1 Å². The van der Waals surface area contributed by atoms with Gasteiger partial charge in [0.1, 0.15) is 5.75 Å². The molecule has 2 amide bonds. The van der Waals surface area contributed by atoms with Gasteiger partial charge in [0.2, 0.25) is 11.8 Å². The van der Waals surface area contributed by atoms with Gasteiger partial charge in [0.15, 0.2) is 5.13 Å². The molecule has 2 heterocycles. The summed E-state index contributed by atoms with van der Waals surface area (Å²) in [6, 6.07) is 15.9. The van der Waals surface area contributed by atoms with E-state index in [1.54, 1.807) is 0 Å². The molecule has 1 aromatic heterocycles. The number of hydrogen-bond donors (Lipinski definition) is 0. The number of carbonyl (C=O) groups excluding carboxylic acids is 2. The fourth-order valence-electron chi connectivity index (χ4n) is 4.46. The molecule has 0 spiro atoms. The molecule has 0 N–H and O–H groups in total. The molecule has 7 heteroatoms. The Morgan fingerprint density at radius 2 is 1.94 bits per heavy atom. The summed E-state index contributed by atoms with van der Waals surface area (Å²) in [4.78, 5) is 35.0. The second-order valence-corrected chi connectivity index (χ2v) is 9.88. The highest BCUT2D eigenvalue weighted by atomic mass is 32.1. The number of anilines is 1. The van der Waals surface area contributed by atoms with Gasteiger partial charge in [-0.3, -0.25) is 14.5 Å². The van der Waals surface area contributed by atoms with Crippen molar-refractivity contribution in [2.45, 2.75) is 39.2 Å². The smallest absolute Gasteiger partial charge is 0.233 e. The number of hydrogen-bond acceptors (Lipinski definition) is 5. The molecular weight excluding hydrogens is 434 g/mol. The fraction of sp³-hybridized carbons (Fsp3) is 0.423. The number of fused-ring (bicyclic) bond motifs is 1. The minimum absolute atomic E-state index is 0.0521. The maximum Gasteiger partial charge on any atom is 0.233 e. The van der Waals surface area contributed by atoms with Crippen molar-refractivity contribution in [3.63, 3.8) is 0 Å². The minimum atomic E-state index is -0.198. The first-order valence-corrected chi connectivity index (χ1v) is 12.6. The Kier molecular flexibility index (Phi) is 6.31. The molecule has 172 valence electrons. The van der Waals surface area contributed by atoms with Crippen molar-refractivity contribution in [2.75, 3.05) is 24.6 Å². The van der Waals surface area contributed by atoms with E-state index in [4.69, 9.17) is 9.72 Å². The van der Waals surface area contributed by atoms with Crippen molar-refractivity contribution in [3.8, 4) is 5.75 Å². The van der Waals surface area contributed by atoms with Gasteiger partial charge in [-0.05, 0) is 56.4 Å². The van der Waals surface area contributed by atoms with Crippen molar-refractivity contribution in [1.82, 2.24) is 9.88 Å². The van der Waals surface area contributed by atoms with Gasteiger partial charge in [-0.25, -0.2) is 4.98 Å². The Balaban J connectivity index is 1.43. The number of ether oxygens (including phenoxy) is 1. The monoisotopic (exact) mass is 463 g/mol. The quantitative estimate of drug-likeness (QED) is 0.501. The Morgan fingerprint density at radius 1 is 1.12 bits per heavy atom. The zero-order valence-electron chi connectivity index (χ0n) is 18.9. The standard InChI is InChI=1S/C26H29N3O3S/c1-2-32-21-12-13-22-23(15-21)33-26(27-22)29(16-18-7-4-3-5-8-18)25(31)20-9-6-14-28(17-20)24(30)19-10-11-19/h3-5,7-8,12-13,15,19-20H,2,6,9-11,14,16-17H2,1H3. The largest absolute Gasteiger partial charge is 0.494 e. The summed E-state index contributed by atoms with van der Waals surface area (Å²) in [6.07, 6.45) is 3.65. The summed E-state index contributed by atoms with van der Waals surface area (Å²) in [6.45, 7) is 4.31. The van der Waals surface area contributed by atoms with Crippen LogP contribution >= 0.6 is 11.3 Å². The van der Waals surface area contributed by atoms with Gasteiger partial charge < -0.3 is 9.64 Å². The highest BCUT2D eigenvalue weighted by Crippen LogP contribution is 2.35. The Labute approximate surface area is 198 Å². The van der Waals surface area contributed by atoms with Gasteiger partial charge >= 0.3 is 0 Å². The first-order valence-electron chi connectivity index (χ1n) is 11.8. The van der Waals surface area contributed by atoms with Gasteiger partial charge in [0.05, 0.1) is 29.3 Å². The summed E-state index contributed by atoms with van der Waals surface area (Å²) in [5, 5.41) is 0.693. The molecule has 3 aromatic rings. The molecule has 0 radical (unpaired) electrons. The second-order valence-electron chi connectivity index (χ2n) is 8.87. The average molecular weight is 464 g/mol. The van der Waals surface area contributed by atoms with Crippen LogP contribution in [0, 0.1) is 11.8 Å². The third-order valence-corrected chi connectivity index (χ3v) is 7.39. The SMILES string of the molecule is CCOc1ccc2nc(N(Cc3ccccc3)C(=O)C3CCCN(C(=O)C4CC4)C3)sc2c1. The summed E-state index contributed by atoms with van der Waals surface area (Å²) in [5.74, 6) is 1.07.